The number of nitrogens with two attached hydrogens (primary N) is 1. The highest BCUT2D eigenvalue weighted by atomic mass is 32.1. The number of likely N-dealkylation sites (N-methyl/N-ethyl adjacent to an activating group) is 1. The summed E-state index contributed by atoms with van der Waals surface area (Å²) in [6, 6.07) is 19.2. The van der Waals surface area contributed by atoms with Crippen molar-refractivity contribution in [2.45, 2.75) is 5.54 Å². The molecule has 1 amide bonds. The number of thiophene rings is 1. The van der Waals surface area contributed by atoms with Gasteiger partial charge in [-0.3, -0.25) is 4.79 Å². The Bertz CT molecular complexity index is 1300. The molecule has 0 spiro atoms. The van der Waals surface area contributed by atoms with Crippen LogP contribution in [-0.2, 0) is 5.54 Å². The molecule has 1 aliphatic heterocycles. The Morgan fingerprint density at radius 3 is 2.44 bits per heavy atom. The Hall–Kier alpha value is -3.17. The Morgan fingerprint density at radius 2 is 1.76 bits per heavy atom. The van der Waals surface area contributed by atoms with E-state index < -0.39 is 5.54 Å². The van der Waals surface area contributed by atoms with Gasteiger partial charge in [-0.25, -0.2) is 9.97 Å². The zero-order valence-corrected chi connectivity index (χ0v) is 19.8. The predicted molar refractivity (Wildman–Crippen MR) is 135 cm³/mol. The van der Waals surface area contributed by atoms with E-state index in [-0.39, 0.29) is 12.5 Å². The van der Waals surface area contributed by atoms with E-state index in [0.29, 0.717) is 11.3 Å². The van der Waals surface area contributed by atoms with Crippen molar-refractivity contribution in [1.82, 2.24) is 19.8 Å². The van der Waals surface area contributed by atoms with E-state index in [9.17, 15) is 9.90 Å². The van der Waals surface area contributed by atoms with Crippen LogP contribution in [0.1, 0.15) is 21.6 Å². The molecule has 7 nitrogen and oxygen atoms in total. The monoisotopic (exact) mass is 473 g/mol. The third kappa shape index (κ3) is 4.10. The van der Waals surface area contributed by atoms with Gasteiger partial charge in [0.05, 0.1) is 12.3 Å². The molecule has 0 saturated carbocycles. The molecule has 174 valence electrons. The van der Waals surface area contributed by atoms with Crippen LogP contribution in [-0.4, -0.2) is 70.6 Å². The summed E-state index contributed by atoms with van der Waals surface area (Å²) in [5.41, 5.74) is 8.64. The van der Waals surface area contributed by atoms with Crippen LogP contribution in [0.5, 0.6) is 0 Å². The number of aliphatic hydroxyl groups is 1. The van der Waals surface area contributed by atoms with E-state index in [1.165, 1.54) is 17.7 Å². The van der Waals surface area contributed by atoms with Crippen LogP contribution in [0.4, 0.5) is 0 Å². The summed E-state index contributed by atoms with van der Waals surface area (Å²) in [5, 5.41) is 11.1. The number of benzene rings is 2. The first-order valence-corrected chi connectivity index (χ1v) is 12.1. The number of fused-ring (bicyclic) bond motifs is 1. The summed E-state index contributed by atoms with van der Waals surface area (Å²) >= 11 is 1.54. The van der Waals surface area contributed by atoms with Gasteiger partial charge in [0.1, 0.15) is 16.7 Å². The predicted octanol–water partition coefficient (Wildman–Crippen LogP) is 2.94. The Morgan fingerprint density at radius 1 is 1.06 bits per heavy atom. The Kier molecular flexibility index (Phi) is 6.14. The lowest BCUT2D eigenvalue weighted by Gasteiger charge is -2.32. The summed E-state index contributed by atoms with van der Waals surface area (Å²) in [6.07, 6.45) is 1.50. The van der Waals surface area contributed by atoms with Crippen molar-refractivity contribution in [2.75, 3.05) is 39.8 Å². The highest BCUT2D eigenvalue weighted by Gasteiger charge is 2.33. The van der Waals surface area contributed by atoms with Crippen LogP contribution in [0.15, 0.2) is 67.0 Å². The molecule has 2 aromatic heterocycles. The number of carbonyl (C=O) groups is 1. The number of amides is 1. The lowest BCUT2D eigenvalue weighted by atomic mass is 9.87. The number of piperazine rings is 1. The molecule has 3 heterocycles. The smallest absolute Gasteiger partial charge is 0.253 e. The normalized spacial score (nSPS) is 16.5. The fraction of sp³-hybridized carbons (Fsp3) is 0.269. The summed E-state index contributed by atoms with van der Waals surface area (Å²) in [5.74, 6) is 0.0721. The van der Waals surface area contributed by atoms with Gasteiger partial charge in [-0.2, -0.15) is 0 Å². The maximum Gasteiger partial charge on any atom is 0.253 e. The molecular weight excluding hydrogens is 446 g/mol. The topological polar surface area (TPSA) is 95.6 Å². The third-order valence-electron chi connectivity index (χ3n) is 6.50. The molecule has 0 aliphatic carbocycles. The molecule has 3 N–H and O–H groups in total. The van der Waals surface area contributed by atoms with Crippen LogP contribution < -0.4 is 5.73 Å². The number of rotatable bonds is 5. The Labute approximate surface area is 202 Å². The maximum atomic E-state index is 12.9. The van der Waals surface area contributed by atoms with Crippen molar-refractivity contribution in [3.05, 3.63) is 83.8 Å². The van der Waals surface area contributed by atoms with E-state index in [0.717, 1.165) is 52.4 Å². The van der Waals surface area contributed by atoms with Gasteiger partial charge >= 0.3 is 0 Å². The summed E-state index contributed by atoms with van der Waals surface area (Å²) in [7, 11) is 2.08. The number of aromatic nitrogens is 2. The highest BCUT2D eigenvalue weighted by Crippen LogP contribution is 2.37. The summed E-state index contributed by atoms with van der Waals surface area (Å²) in [4.78, 5) is 27.8. The van der Waals surface area contributed by atoms with Crippen LogP contribution >= 0.6 is 11.3 Å². The number of hydrogen-bond donors (Lipinski definition) is 2. The van der Waals surface area contributed by atoms with Crippen LogP contribution in [0, 0.1) is 0 Å². The quantitative estimate of drug-likeness (QED) is 0.463. The molecule has 34 heavy (non-hydrogen) atoms. The van der Waals surface area contributed by atoms with E-state index in [1.807, 2.05) is 65.6 Å². The molecule has 2 aromatic carbocycles. The first kappa shape index (κ1) is 22.6. The van der Waals surface area contributed by atoms with E-state index in [2.05, 4.69) is 21.9 Å². The SMILES string of the molecule is CN1CCN(C(=O)c2ccc(-c3cc4c([C@](N)(CO)c5ccccc5)ncnc4s3)cc2)CC1. The number of carbonyl (C=O) groups excluding carboxylic acids is 1. The second-order valence-corrected chi connectivity index (χ2v) is 9.75. The van der Waals surface area contributed by atoms with Gasteiger partial charge in [-0.15, -0.1) is 11.3 Å². The third-order valence-corrected chi connectivity index (χ3v) is 7.59. The molecule has 0 bridgehead atoms. The molecule has 4 aromatic rings. The average molecular weight is 474 g/mol. The molecule has 1 atom stereocenters. The van der Waals surface area contributed by atoms with Crippen molar-refractivity contribution in [1.29, 1.82) is 0 Å². The van der Waals surface area contributed by atoms with E-state index in [1.54, 1.807) is 0 Å². The second-order valence-electron chi connectivity index (χ2n) is 8.72. The first-order valence-electron chi connectivity index (χ1n) is 11.3. The minimum absolute atomic E-state index is 0.0721. The molecule has 1 saturated heterocycles. The fourth-order valence-electron chi connectivity index (χ4n) is 4.36. The van der Waals surface area contributed by atoms with Crippen molar-refractivity contribution in [3.63, 3.8) is 0 Å². The van der Waals surface area contributed by atoms with Crippen LogP contribution in [0.2, 0.25) is 0 Å². The van der Waals surface area contributed by atoms with E-state index in [4.69, 9.17) is 5.73 Å². The second kappa shape index (κ2) is 9.23. The summed E-state index contributed by atoms with van der Waals surface area (Å²) in [6.45, 7) is 3.02. The lowest BCUT2D eigenvalue weighted by molar-refractivity contribution is 0.0664. The van der Waals surface area contributed by atoms with Gasteiger partial charge in [0.2, 0.25) is 0 Å². The van der Waals surface area contributed by atoms with Gasteiger partial charge < -0.3 is 20.6 Å². The van der Waals surface area contributed by atoms with Crippen LogP contribution in [0.3, 0.4) is 0 Å². The standard InChI is InChI=1S/C26H27N5O2S/c1-30-11-13-31(14-12-30)25(33)19-9-7-18(8-10-19)22-15-21-23(28-17-29-24(21)34-22)26(27,16-32)20-5-3-2-4-6-20/h2-10,15,17,32H,11-14,16,27H2,1H3/t26-/m0/s1. The van der Waals surface area contributed by atoms with Gasteiger partial charge in [0.25, 0.3) is 5.91 Å². The minimum atomic E-state index is -1.14. The highest BCUT2D eigenvalue weighted by molar-refractivity contribution is 7.21. The molecule has 1 fully saturated rings. The summed E-state index contributed by atoms with van der Waals surface area (Å²) < 4.78 is 0. The Balaban J connectivity index is 1.46. The lowest BCUT2D eigenvalue weighted by Crippen LogP contribution is -2.47. The molecule has 5 rings (SSSR count). The fourth-order valence-corrected chi connectivity index (χ4v) is 5.37. The number of nitrogens with zero attached hydrogens (tertiary/aromatic N) is 4. The van der Waals surface area contributed by atoms with Gasteiger partial charge in [0, 0.05) is 42.0 Å². The van der Waals surface area contributed by atoms with Crippen molar-refractivity contribution < 1.29 is 9.90 Å². The van der Waals surface area contributed by atoms with E-state index >= 15 is 0 Å². The van der Waals surface area contributed by atoms with Gasteiger partial charge in [-0.05, 0) is 36.4 Å². The largest absolute Gasteiger partial charge is 0.394 e. The minimum Gasteiger partial charge on any atom is -0.394 e. The molecule has 8 heteroatoms. The number of aliphatic hydroxyl groups excluding tert-OH is 1. The molecule has 0 radical (unpaired) electrons. The van der Waals surface area contributed by atoms with Gasteiger partial charge in [0.15, 0.2) is 0 Å². The zero-order chi connectivity index (χ0) is 23.7. The van der Waals surface area contributed by atoms with Crippen molar-refractivity contribution in [2.24, 2.45) is 5.73 Å². The molecule has 0 unspecified atom stereocenters. The zero-order valence-electron chi connectivity index (χ0n) is 19.0. The number of hydrogen-bond acceptors (Lipinski definition) is 7. The average Bonchev–Trinajstić information content (AvgIpc) is 3.33. The van der Waals surface area contributed by atoms with Crippen molar-refractivity contribution in [3.8, 4) is 10.4 Å². The van der Waals surface area contributed by atoms with Gasteiger partial charge in [-0.1, -0.05) is 42.5 Å². The molecular formula is C26H27N5O2S. The van der Waals surface area contributed by atoms with Crippen molar-refractivity contribution >= 4 is 27.5 Å². The molecule has 1 aliphatic rings. The first-order chi connectivity index (χ1) is 16.5. The van der Waals surface area contributed by atoms with Crippen LogP contribution in [0.25, 0.3) is 20.7 Å². The maximum absolute atomic E-state index is 12.9.